The first-order valence-electron chi connectivity index (χ1n) is 8.10. The first-order chi connectivity index (χ1) is 11.4. The Balaban J connectivity index is 2.25. The monoisotopic (exact) mass is 335 g/mol. The molecule has 1 saturated heterocycles. The second-order valence-electron chi connectivity index (χ2n) is 6.16. The second kappa shape index (κ2) is 7.61. The van der Waals surface area contributed by atoms with E-state index < -0.39 is 5.54 Å². The quantitative estimate of drug-likeness (QED) is 0.846. The molecule has 1 unspecified atom stereocenters. The van der Waals surface area contributed by atoms with E-state index in [9.17, 15) is 9.59 Å². The summed E-state index contributed by atoms with van der Waals surface area (Å²) >= 11 is 0. The van der Waals surface area contributed by atoms with Gasteiger partial charge in [0, 0.05) is 33.0 Å². The van der Waals surface area contributed by atoms with Crippen LogP contribution in [-0.2, 0) is 9.53 Å². The van der Waals surface area contributed by atoms with Crippen molar-refractivity contribution in [2.75, 3.05) is 27.3 Å². The van der Waals surface area contributed by atoms with Crippen molar-refractivity contribution >= 4 is 11.8 Å². The Bertz CT molecular complexity index is 588. The van der Waals surface area contributed by atoms with Gasteiger partial charge in [0.2, 0.25) is 11.8 Å². The molecule has 132 valence electrons. The minimum atomic E-state index is -0.965. The summed E-state index contributed by atoms with van der Waals surface area (Å²) in [5, 5.41) is 2.65. The van der Waals surface area contributed by atoms with Gasteiger partial charge in [-0.2, -0.15) is 0 Å². The van der Waals surface area contributed by atoms with Crippen LogP contribution in [0.1, 0.15) is 37.0 Å². The van der Waals surface area contributed by atoms with E-state index >= 15 is 0 Å². The normalized spacial score (nSPS) is 20.3. The molecule has 1 N–H and O–H groups in total. The SMILES string of the molecule is CNC(=O)C1(COC)CCCN1C(=O)c1ccc(OC(C)C)nc1. The Morgan fingerprint density at radius 1 is 1.42 bits per heavy atom. The van der Waals surface area contributed by atoms with Gasteiger partial charge in [-0.3, -0.25) is 9.59 Å². The largest absolute Gasteiger partial charge is 0.475 e. The summed E-state index contributed by atoms with van der Waals surface area (Å²) in [4.78, 5) is 31.1. The number of pyridine rings is 1. The smallest absolute Gasteiger partial charge is 0.256 e. The molecule has 1 fully saturated rings. The molecule has 1 aromatic rings. The predicted molar refractivity (Wildman–Crippen MR) is 88.9 cm³/mol. The zero-order chi connectivity index (χ0) is 17.7. The fraction of sp³-hybridized carbons (Fsp3) is 0.588. The third-order valence-electron chi connectivity index (χ3n) is 4.11. The van der Waals surface area contributed by atoms with Gasteiger partial charge in [0.05, 0.1) is 18.3 Å². The number of amides is 2. The number of rotatable bonds is 6. The lowest BCUT2D eigenvalue weighted by molar-refractivity contribution is -0.133. The van der Waals surface area contributed by atoms with Gasteiger partial charge in [-0.15, -0.1) is 0 Å². The van der Waals surface area contributed by atoms with Crippen LogP contribution in [0.2, 0.25) is 0 Å². The molecule has 7 heteroatoms. The first-order valence-corrected chi connectivity index (χ1v) is 8.10. The number of nitrogens with zero attached hydrogens (tertiary/aromatic N) is 2. The van der Waals surface area contributed by atoms with Gasteiger partial charge < -0.3 is 19.7 Å². The van der Waals surface area contributed by atoms with Gasteiger partial charge in [-0.05, 0) is 32.8 Å². The number of likely N-dealkylation sites (N-methyl/N-ethyl adjacent to an activating group) is 1. The number of carbonyl (C=O) groups excluding carboxylic acids is 2. The van der Waals surface area contributed by atoms with Gasteiger partial charge in [0.15, 0.2) is 0 Å². The molecule has 0 aromatic carbocycles. The predicted octanol–water partition coefficient (Wildman–Crippen LogP) is 1.24. The van der Waals surface area contributed by atoms with Crippen LogP contribution >= 0.6 is 0 Å². The van der Waals surface area contributed by atoms with E-state index in [4.69, 9.17) is 9.47 Å². The maximum absolute atomic E-state index is 12.9. The number of methoxy groups -OCH3 is 1. The summed E-state index contributed by atoms with van der Waals surface area (Å²) in [7, 11) is 3.10. The molecule has 1 aromatic heterocycles. The Hall–Kier alpha value is -2.15. The van der Waals surface area contributed by atoms with Gasteiger partial charge in [0.25, 0.3) is 5.91 Å². The first kappa shape index (κ1) is 18.2. The number of carbonyl (C=O) groups is 2. The molecule has 1 aliphatic rings. The Morgan fingerprint density at radius 3 is 2.71 bits per heavy atom. The summed E-state index contributed by atoms with van der Waals surface area (Å²) in [5.41, 5.74) is -0.536. The van der Waals surface area contributed by atoms with Crippen molar-refractivity contribution < 1.29 is 19.1 Å². The zero-order valence-electron chi connectivity index (χ0n) is 14.7. The summed E-state index contributed by atoms with van der Waals surface area (Å²) in [5.74, 6) is 0.0390. The summed E-state index contributed by atoms with van der Waals surface area (Å²) in [6.07, 6.45) is 2.83. The summed E-state index contributed by atoms with van der Waals surface area (Å²) in [6.45, 7) is 4.50. The minimum Gasteiger partial charge on any atom is -0.475 e. The number of hydrogen-bond acceptors (Lipinski definition) is 5. The van der Waals surface area contributed by atoms with Crippen LogP contribution in [-0.4, -0.2) is 60.7 Å². The highest BCUT2D eigenvalue weighted by Gasteiger charge is 2.49. The van der Waals surface area contributed by atoms with Gasteiger partial charge in [-0.1, -0.05) is 0 Å². The van der Waals surface area contributed by atoms with Crippen molar-refractivity contribution in [1.29, 1.82) is 0 Å². The molecule has 0 bridgehead atoms. The van der Waals surface area contributed by atoms with Crippen molar-refractivity contribution in [3.05, 3.63) is 23.9 Å². The maximum Gasteiger partial charge on any atom is 0.256 e. The van der Waals surface area contributed by atoms with Crippen LogP contribution in [0.25, 0.3) is 0 Å². The lowest BCUT2D eigenvalue weighted by Gasteiger charge is -2.36. The Labute approximate surface area is 142 Å². The molecule has 1 atom stereocenters. The molecule has 2 rings (SSSR count). The van der Waals surface area contributed by atoms with E-state index in [1.165, 1.54) is 13.3 Å². The molecule has 0 spiro atoms. The van der Waals surface area contributed by atoms with E-state index in [-0.39, 0.29) is 24.5 Å². The van der Waals surface area contributed by atoms with Gasteiger partial charge in [0.1, 0.15) is 5.54 Å². The highest BCUT2D eigenvalue weighted by molar-refractivity contribution is 5.99. The van der Waals surface area contributed by atoms with Crippen LogP contribution in [0.15, 0.2) is 18.3 Å². The molecule has 1 aliphatic heterocycles. The maximum atomic E-state index is 12.9. The van der Waals surface area contributed by atoms with Crippen molar-refractivity contribution in [1.82, 2.24) is 15.2 Å². The number of aromatic nitrogens is 1. The topological polar surface area (TPSA) is 80.8 Å². The molecular formula is C17H25N3O4. The molecule has 7 nitrogen and oxygen atoms in total. The summed E-state index contributed by atoms with van der Waals surface area (Å²) in [6, 6.07) is 3.34. The second-order valence-corrected chi connectivity index (χ2v) is 6.16. The standard InChI is InChI=1S/C17H25N3O4/c1-12(2)24-14-7-6-13(10-19-14)15(21)20-9-5-8-17(20,11-23-4)16(22)18-3/h6-7,10,12H,5,8-9,11H2,1-4H3,(H,18,22). The number of likely N-dealkylation sites (tertiary alicyclic amines) is 1. The summed E-state index contributed by atoms with van der Waals surface area (Å²) < 4.78 is 10.7. The highest BCUT2D eigenvalue weighted by atomic mass is 16.5. The molecule has 2 heterocycles. The van der Waals surface area contributed by atoms with Crippen molar-refractivity contribution in [3.8, 4) is 5.88 Å². The van der Waals surface area contributed by atoms with E-state index in [0.29, 0.717) is 24.4 Å². The van der Waals surface area contributed by atoms with E-state index in [1.54, 1.807) is 24.1 Å². The lowest BCUT2D eigenvalue weighted by atomic mass is 9.95. The van der Waals surface area contributed by atoms with E-state index in [2.05, 4.69) is 10.3 Å². The molecule has 0 radical (unpaired) electrons. The Kier molecular flexibility index (Phi) is 5.77. The van der Waals surface area contributed by atoms with Crippen molar-refractivity contribution in [2.24, 2.45) is 0 Å². The fourth-order valence-corrected chi connectivity index (χ4v) is 3.07. The number of nitrogens with one attached hydrogen (secondary N) is 1. The van der Waals surface area contributed by atoms with Crippen LogP contribution in [0.4, 0.5) is 0 Å². The molecule has 0 saturated carbocycles. The lowest BCUT2D eigenvalue weighted by Crippen LogP contribution is -2.59. The van der Waals surface area contributed by atoms with Gasteiger partial charge in [-0.25, -0.2) is 4.98 Å². The average molecular weight is 335 g/mol. The van der Waals surface area contributed by atoms with Crippen LogP contribution < -0.4 is 10.1 Å². The van der Waals surface area contributed by atoms with Gasteiger partial charge >= 0.3 is 0 Å². The van der Waals surface area contributed by atoms with Crippen LogP contribution in [0, 0.1) is 0 Å². The Morgan fingerprint density at radius 2 is 2.17 bits per heavy atom. The van der Waals surface area contributed by atoms with E-state index in [1.807, 2.05) is 13.8 Å². The third kappa shape index (κ3) is 3.51. The fourth-order valence-electron chi connectivity index (χ4n) is 3.07. The third-order valence-corrected chi connectivity index (χ3v) is 4.11. The van der Waals surface area contributed by atoms with Crippen LogP contribution in [0.3, 0.4) is 0 Å². The van der Waals surface area contributed by atoms with Crippen molar-refractivity contribution in [3.63, 3.8) is 0 Å². The van der Waals surface area contributed by atoms with E-state index in [0.717, 1.165) is 6.42 Å². The molecule has 0 aliphatic carbocycles. The molecular weight excluding hydrogens is 310 g/mol. The zero-order valence-corrected chi connectivity index (χ0v) is 14.7. The van der Waals surface area contributed by atoms with Crippen LogP contribution in [0.5, 0.6) is 5.88 Å². The van der Waals surface area contributed by atoms with Crippen molar-refractivity contribution in [2.45, 2.75) is 38.3 Å². The average Bonchev–Trinajstić information content (AvgIpc) is 2.98. The number of hydrogen-bond donors (Lipinski definition) is 1. The minimum absolute atomic E-state index is 0.0141. The molecule has 24 heavy (non-hydrogen) atoms. The number of ether oxygens (including phenoxy) is 2. The highest BCUT2D eigenvalue weighted by Crippen LogP contribution is 2.31. The molecule has 2 amide bonds.